The lowest BCUT2D eigenvalue weighted by Gasteiger charge is -2.32. The molecule has 0 unspecified atom stereocenters. The number of hydrogen-bond acceptors (Lipinski definition) is 5. The Morgan fingerprint density at radius 3 is 2.36 bits per heavy atom. The van der Waals surface area contributed by atoms with E-state index in [9.17, 15) is 4.79 Å². The standard InChI is InChI=1S/C18H24BNO5/c1-7-23-16(21)14-9-11-8-12(22-6)10-13(15(11)20-14)19-24-17(2,3)18(4,5)25-19/h8-10,20H,7H2,1-6H3. The first-order chi connectivity index (χ1) is 11.7. The Balaban J connectivity index is 2.09. The number of H-pyrrole nitrogens is 1. The smallest absolute Gasteiger partial charge is 0.497 e. The van der Waals surface area contributed by atoms with Crippen molar-refractivity contribution in [1.82, 2.24) is 4.98 Å². The highest BCUT2D eigenvalue weighted by molar-refractivity contribution is 6.65. The van der Waals surface area contributed by atoms with Gasteiger partial charge in [0, 0.05) is 16.4 Å². The summed E-state index contributed by atoms with van der Waals surface area (Å²) in [6.07, 6.45) is 0. The van der Waals surface area contributed by atoms with Gasteiger partial charge in [0.15, 0.2) is 0 Å². The van der Waals surface area contributed by atoms with Crippen LogP contribution in [-0.4, -0.2) is 43.0 Å². The first-order valence-electron chi connectivity index (χ1n) is 8.42. The lowest BCUT2D eigenvalue weighted by Crippen LogP contribution is -2.41. The molecular formula is C18H24BNO5. The van der Waals surface area contributed by atoms with Gasteiger partial charge in [0.25, 0.3) is 0 Å². The second kappa shape index (κ2) is 6.07. The fourth-order valence-corrected chi connectivity index (χ4v) is 2.84. The molecule has 1 N–H and O–H groups in total. The van der Waals surface area contributed by atoms with Crippen LogP contribution in [0.5, 0.6) is 5.75 Å². The van der Waals surface area contributed by atoms with Crippen molar-refractivity contribution in [2.75, 3.05) is 13.7 Å². The van der Waals surface area contributed by atoms with Crippen LogP contribution >= 0.6 is 0 Å². The van der Waals surface area contributed by atoms with Gasteiger partial charge in [-0.05, 0) is 52.8 Å². The molecule has 0 bridgehead atoms. The number of nitrogens with one attached hydrogen (secondary N) is 1. The highest BCUT2D eigenvalue weighted by Gasteiger charge is 2.52. The predicted octanol–water partition coefficient (Wildman–Crippen LogP) is 2.65. The topological polar surface area (TPSA) is 69.8 Å². The third-order valence-corrected chi connectivity index (χ3v) is 4.97. The zero-order chi connectivity index (χ0) is 18.4. The van der Waals surface area contributed by atoms with Gasteiger partial charge in [-0.25, -0.2) is 4.79 Å². The molecule has 7 heteroatoms. The molecule has 1 aliphatic rings. The van der Waals surface area contributed by atoms with Gasteiger partial charge in [-0.15, -0.1) is 0 Å². The van der Waals surface area contributed by atoms with Crippen LogP contribution in [0.25, 0.3) is 10.9 Å². The van der Waals surface area contributed by atoms with Crippen LogP contribution in [0, 0.1) is 0 Å². The van der Waals surface area contributed by atoms with Crippen molar-refractivity contribution < 1.29 is 23.6 Å². The van der Waals surface area contributed by atoms with Gasteiger partial charge < -0.3 is 23.8 Å². The van der Waals surface area contributed by atoms with Crippen LogP contribution in [0.3, 0.4) is 0 Å². The van der Waals surface area contributed by atoms with Crippen molar-refractivity contribution in [3.63, 3.8) is 0 Å². The summed E-state index contributed by atoms with van der Waals surface area (Å²) >= 11 is 0. The van der Waals surface area contributed by atoms with Crippen molar-refractivity contribution in [3.8, 4) is 5.75 Å². The molecule has 0 aliphatic carbocycles. The molecular weight excluding hydrogens is 321 g/mol. The summed E-state index contributed by atoms with van der Waals surface area (Å²) in [5.41, 5.74) is 1.06. The molecule has 0 saturated carbocycles. The van der Waals surface area contributed by atoms with E-state index < -0.39 is 24.3 Å². The summed E-state index contributed by atoms with van der Waals surface area (Å²) < 4.78 is 22.8. The molecule has 3 rings (SSSR count). The maximum absolute atomic E-state index is 12.1. The number of aromatic nitrogens is 1. The average molecular weight is 345 g/mol. The lowest BCUT2D eigenvalue weighted by atomic mass is 9.77. The van der Waals surface area contributed by atoms with Crippen LogP contribution in [-0.2, 0) is 14.0 Å². The fourth-order valence-electron chi connectivity index (χ4n) is 2.84. The predicted molar refractivity (Wildman–Crippen MR) is 96.5 cm³/mol. The number of benzene rings is 1. The SMILES string of the molecule is CCOC(=O)c1cc2cc(OC)cc(B3OC(C)(C)C(C)(C)O3)c2[nH]1. The summed E-state index contributed by atoms with van der Waals surface area (Å²) in [6, 6.07) is 5.49. The Hall–Kier alpha value is -1.99. The van der Waals surface area contributed by atoms with E-state index in [2.05, 4.69) is 4.98 Å². The van der Waals surface area contributed by atoms with Crippen molar-refractivity contribution >= 4 is 29.5 Å². The number of hydrogen-bond donors (Lipinski definition) is 1. The van der Waals surface area contributed by atoms with Crippen LogP contribution in [0.2, 0.25) is 0 Å². The monoisotopic (exact) mass is 345 g/mol. The number of carbonyl (C=O) groups is 1. The third-order valence-electron chi connectivity index (χ3n) is 4.97. The summed E-state index contributed by atoms with van der Waals surface area (Å²) in [5, 5.41) is 0.840. The van der Waals surface area contributed by atoms with Crippen LogP contribution in [0.1, 0.15) is 45.1 Å². The van der Waals surface area contributed by atoms with E-state index in [4.69, 9.17) is 18.8 Å². The minimum absolute atomic E-state index is 0.321. The molecule has 1 aromatic carbocycles. The second-order valence-corrected chi connectivity index (χ2v) is 7.17. The normalized spacial score (nSPS) is 18.6. The van der Waals surface area contributed by atoms with Gasteiger partial charge in [-0.3, -0.25) is 0 Å². The minimum atomic E-state index is -0.559. The maximum atomic E-state index is 12.1. The van der Waals surface area contributed by atoms with E-state index in [1.165, 1.54) is 0 Å². The van der Waals surface area contributed by atoms with Gasteiger partial charge in [0.2, 0.25) is 0 Å². The number of ether oxygens (including phenoxy) is 2. The van der Waals surface area contributed by atoms with E-state index in [-0.39, 0.29) is 0 Å². The largest absolute Gasteiger partial charge is 0.497 e. The molecule has 2 aromatic rings. The molecule has 0 amide bonds. The first-order valence-corrected chi connectivity index (χ1v) is 8.42. The van der Waals surface area contributed by atoms with Crippen molar-refractivity contribution in [1.29, 1.82) is 0 Å². The average Bonchev–Trinajstić information content (AvgIpc) is 3.05. The lowest BCUT2D eigenvalue weighted by molar-refractivity contribution is 0.00578. The highest BCUT2D eigenvalue weighted by Crippen LogP contribution is 2.37. The molecule has 2 heterocycles. The maximum Gasteiger partial charge on any atom is 0.497 e. The Kier molecular flexibility index (Phi) is 4.33. The molecule has 1 saturated heterocycles. The number of esters is 1. The summed E-state index contributed by atoms with van der Waals surface area (Å²) in [5.74, 6) is 0.282. The van der Waals surface area contributed by atoms with Gasteiger partial charge in [0.1, 0.15) is 11.4 Å². The van der Waals surface area contributed by atoms with Crippen LogP contribution in [0.4, 0.5) is 0 Å². The Morgan fingerprint density at radius 1 is 1.16 bits per heavy atom. The minimum Gasteiger partial charge on any atom is -0.497 e. The molecule has 0 spiro atoms. The van der Waals surface area contributed by atoms with E-state index in [1.54, 1.807) is 20.1 Å². The van der Waals surface area contributed by atoms with Crippen molar-refractivity contribution in [3.05, 3.63) is 23.9 Å². The second-order valence-electron chi connectivity index (χ2n) is 7.17. The molecule has 0 atom stereocenters. The summed E-state index contributed by atoms with van der Waals surface area (Å²) in [4.78, 5) is 15.2. The number of carbonyl (C=O) groups excluding carboxylic acids is 1. The molecule has 1 aromatic heterocycles. The number of rotatable bonds is 4. The van der Waals surface area contributed by atoms with Gasteiger partial charge in [-0.2, -0.15) is 0 Å². The van der Waals surface area contributed by atoms with E-state index in [0.29, 0.717) is 18.1 Å². The van der Waals surface area contributed by atoms with Crippen LogP contribution < -0.4 is 10.2 Å². The summed E-state index contributed by atoms with van der Waals surface area (Å²) in [6.45, 7) is 10.1. The van der Waals surface area contributed by atoms with Crippen molar-refractivity contribution in [2.45, 2.75) is 45.8 Å². The summed E-state index contributed by atoms with van der Waals surface area (Å²) in [7, 11) is 1.05. The van der Waals surface area contributed by atoms with Crippen molar-refractivity contribution in [2.24, 2.45) is 0 Å². The van der Waals surface area contributed by atoms with Gasteiger partial charge in [-0.1, -0.05) is 0 Å². The number of fused-ring (bicyclic) bond motifs is 1. The Morgan fingerprint density at radius 2 is 1.80 bits per heavy atom. The molecule has 0 radical (unpaired) electrons. The molecule has 1 fully saturated rings. The van der Waals surface area contributed by atoms with E-state index >= 15 is 0 Å². The quantitative estimate of drug-likeness (QED) is 0.682. The zero-order valence-corrected chi connectivity index (χ0v) is 15.6. The first kappa shape index (κ1) is 17.8. The van der Waals surface area contributed by atoms with Gasteiger partial charge in [0.05, 0.1) is 24.9 Å². The molecule has 1 aliphatic heterocycles. The molecule has 6 nitrogen and oxygen atoms in total. The third kappa shape index (κ3) is 3.02. The highest BCUT2D eigenvalue weighted by atomic mass is 16.7. The van der Waals surface area contributed by atoms with E-state index in [1.807, 2.05) is 39.8 Å². The van der Waals surface area contributed by atoms with E-state index in [0.717, 1.165) is 16.4 Å². The molecule has 134 valence electrons. The van der Waals surface area contributed by atoms with Crippen LogP contribution in [0.15, 0.2) is 18.2 Å². The number of methoxy groups -OCH3 is 1. The Labute approximate surface area is 147 Å². The Bertz CT molecular complexity index is 795. The zero-order valence-electron chi connectivity index (χ0n) is 15.6. The van der Waals surface area contributed by atoms with Gasteiger partial charge >= 0.3 is 13.1 Å². The fraction of sp³-hybridized carbons (Fsp3) is 0.500. The number of aromatic amines is 1. The molecule has 25 heavy (non-hydrogen) atoms.